The number of rotatable bonds is 1. The Morgan fingerprint density at radius 3 is 2.38 bits per heavy atom. The molecule has 1 aromatic carbocycles. The van der Waals surface area contributed by atoms with Crippen molar-refractivity contribution in [2.45, 2.75) is 11.8 Å². The van der Waals surface area contributed by atoms with Crippen LogP contribution < -0.4 is 0 Å². The summed E-state index contributed by atoms with van der Waals surface area (Å²) in [5.74, 6) is -0.565. The Bertz CT molecular complexity index is 440. The van der Waals surface area contributed by atoms with E-state index in [0.717, 1.165) is 12.3 Å². The molecule has 0 aliphatic heterocycles. The zero-order chi connectivity index (χ0) is 10.2. The first kappa shape index (κ1) is 10.5. The van der Waals surface area contributed by atoms with Crippen molar-refractivity contribution in [2.75, 3.05) is 6.26 Å². The molecule has 72 valence electrons. The molecule has 0 saturated heterocycles. The molecule has 0 aliphatic rings. The van der Waals surface area contributed by atoms with E-state index in [4.69, 9.17) is 11.6 Å². The average molecular weight is 223 g/mol. The molecule has 0 fully saturated rings. The summed E-state index contributed by atoms with van der Waals surface area (Å²) in [4.78, 5) is -0.169. The minimum atomic E-state index is -3.44. The van der Waals surface area contributed by atoms with Crippen molar-refractivity contribution in [3.05, 3.63) is 28.5 Å². The molecule has 2 nitrogen and oxygen atoms in total. The minimum Gasteiger partial charge on any atom is -0.224 e. The molecule has 0 atom stereocenters. The third kappa shape index (κ3) is 2.19. The van der Waals surface area contributed by atoms with Crippen LogP contribution in [0, 0.1) is 12.7 Å². The summed E-state index contributed by atoms with van der Waals surface area (Å²) in [6.45, 7) is 1.52. The molecule has 0 N–H and O–H groups in total. The Morgan fingerprint density at radius 1 is 1.38 bits per heavy atom. The lowest BCUT2D eigenvalue weighted by molar-refractivity contribution is 0.593. The third-order valence-corrected chi connectivity index (χ3v) is 3.17. The first-order chi connectivity index (χ1) is 5.82. The Balaban J connectivity index is 3.50. The van der Waals surface area contributed by atoms with E-state index in [-0.39, 0.29) is 9.92 Å². The first-order valence-corrected chi connectivity index (χ1v) is 5.75. The fraction of sp³-hybridized carbons (Fsp3) is 0.250. The molecular weight excluding hydrogens is 215 g/mol. The molecule has 0 spiro atoms. The largest absolute Gasteiger partial charge is 0.224 e. The Morgan fingerprint density at radius 2 is 1.92 bits per heavy atom. The molecule has 1 aromatic rings. The van der Waals surface area contributed by atoms with E-state index in [1.54, 1.807) is 0 Å². The molecule has 0 saturated carbocycles. The molecule has 0 heterocycles. The molecule has 0 amide bonds. The Kier molecular flexibility index (Phi) is 2.63. The number of benzene rings is 1. The van der Waals surface area contributed by atoms with E-state index in [9.17, 15) is 12.8 Å². The van der Waals surface area contributed by atoms with E-state index >= 15 is 0 Å². The summed E-state index contributed by atoms with van der Waals surface area (Å²) in [7, 11) is -3.44. The number of halogens is 2. The lowest BCUT2D eigenvalue weighted by Gasteiger charge is -2.03. The maximum atomic E-state index is 13.0. The van der Waals surface area contributed by atoms with Gasteiger partial charge in [-0.3, -0.25) is 0 Å². The molecule has 1 rings (SSSR count). The lowest BCUT2D eigenvalue weighted by atomic mass is 10.2. The van der Waals surface area contributed by atoms with Crippen LogP contribution in [0.3, 0.4) is 0 Å². The van der Waals surface area contributed by atoms with Gasteiger partial charge < -0.3 is 0 Å². The predicted octanol–water partition coefficient (Wildman–Crippen LogP) is 2.19. The van der Waals surface area contributed by atoms with Crippen LogP contribution in [0.2, 0.25) is 5.02 Å². The van der Waals surface area contributed by atoms with Crippen molar-refractivity contribution in [3.8, 4) is 0 Å². The van der Waals surface area contributed by atoms with Crippen molar-refractivity contribution in [1.29, 1.82) is 0 Å². The molecule has 0 radical (unpaired) electrons. The fourth-order valence-corrected chi connectivity index (χ4v) is 2.28. The van der Waals surface area contributed by atoms with Crippen LogP contribution in [0.5, 0.6) is 0 Å². The standard InChI is InChI=1S/C8H8ClFO2S/c1-5-3-6(9)8(4-7(5)10)13(2,11)12/h3-4H,1-2H3. The van der Waals surface area contributed by atoms with Gasteiger partial charge in [0.2, 0.25) is 0 Å². The van der Waals surface area contributed by atoms with Gasteiger partial charge in [-0.2, -0.15) is 0 Å². The van der Waals surface area contributed by atoms with E-state index in [1.165, 1.54) is 13.0 Å². The molecule has 13 heavy (non-hydrogen) atoms. The van der Waals surface area contributed by atoms with Crippen molar-refractivity contribution in [2.24, 2.45) is 0 Å². The first-order valence-electron chi connectivity index (χ1n) is 3.48. The van der Waals surface area contributed by atoms with Gasteiger partial charge in [-0.15, -0.1) is 0 Å². The van der Waals surface area contributed by atoms with E-state index in [1.807, 2.05) is 0 Å². The van der Waals surface area contributed by atoms with Gasteiger partial charge in [-0.1, -0.05) is 11.6 Å². The van der Waals surface area contributed by atoms with E-state index in [0.29, 0.717) is 5.56 Å². The quantitative estimate of drug-likeness (QED) is 0.730. The number of hydrogen-bond acceptors (Lipinski definition) is 2. The summed E-state index contributed by atoms with van der Waals surface area (Å²) >= 11 is 5.64. The molecular formula is C8H8ClFO2S. The normalized spacial score (nSPS) is 11.7. The molecule has 0 bridgehead atoms. The average Bonchev–Trinajstić information content (AvgIpc) is 1.94. The van der Waals surface area contributed by atoms with Crippen LogP contribution in [0.4, 0.5) is 4.39 Å². The highest BCUT2D eigenvalue weighted by molar-refractivity contribution is 7.90. The highest BCUT2D eigenvalue weighted by Gasteiger charge is 2.14. The fourth-order valence-electron chi connectivity index (χ4n) is 0.912. The van der Waals surface area contributed by atoms with Gasteiger partial charge in [0, 0.05) is 6.26 Å². The topological polar surface area (TPSA) is 34.1 Å². The van der Waals surface area contributed by atoms with Gasteiger partial charge in [-0.25, -0.2) is 12.8 Å². The monoisotopic (exact) mass is 222 g/mol. The zero-order valence-corrected chi connectivity index (χ0v) is 8.71. The van der Waals surface area contributed by atoms with Gasteiger partial charge in [0.1, 0.15) is 5.82 Å². The Labute approximate surface area is 81.3 Å². The number of hydrogen-bond donors (Lipinski definition) is 0. The molecule has 5 heteroatoms. The number of sulfone groups is 1. The molecule has 0 unspecified atom stereocenters. The second kappa shape index (κ2) is 3.27. The maximum Gasteiger partial charge on any atom is 0.177 e. The van der Waals surface area contributed by atoms with Crippen molar-refractivity contribution in [1.82, 2.24) is 0 Å². The maximum absolute atomic E-state index is 13.0. The van der Waals surface area contributed by atoms with Crippen molar-refractivity contribution >= 4 is 21.4 Å². The van der Waals surface area contributed by atoms with Crippen LogP contribution in [-0.4, -0.2) is 14.7 Å². The predicted molar refractivity (Wildman–Crippen MR) is 49.3 cm³/mol. The Hall–Kier alpha value is -0.610. The van der Waals surface area contributed by atoms with Crippen LogP contribution >= 0.6 is 11.6 Å². The summed E-state index contributed by atoms with van der Waals surface area (Å²) < 4.78 is 35.1. The van der Waals surface area contributed by atoms with Gasteiger partial charge in [0.05, 0.1) is 9.92 Å². The van der Waals surface area contributed by atoms with Crippen LogP contribution in [0.1, 0.15) is 5.56 Å². The molecule has 0 aromatic heterocycles. The minimum absolute atomic E-state index is 0.0569. The van der Waals surface area contributed by atoms with Crippen LogP contribution in [-0.2, 0) is 9.84 Å². The van der Waals surface area contributed by atoms with Gasteiger partial charge in [0.25, 0.3) is 0 Å². The van der Waals surface area contributed by atoms with Gasteiger partial charge >= 0.3 is 0 Å². The van der Waals surface area contributed by atoms with Crippen LogP contribution in [0.25, 0.3) is 0 Å². The summed E-state index contributed by atoms with van der Waals surface area (Å²) in [6, 6.07) is 2.24. The number of aryl methyl sites for hydroxylation is 1. The van der Waals surface area contributed by atoms with E-state index < -0.39 is 15.7 Å². The van der Waals surface area contributed by atoms with Crippen molar-refractivity contribution in [3.63, 3.8) is 0 Å². The van der Waals surface area contributed by atoms with Crippen LogP contribution in [0.15, 0.2) is 17.0 Å². The highest BCUT2D eigenvalue weighted by atomic mass is 35.5. The second-order valence-electron chi connectivity index (χ2n) is 2.80. The molecule has 0 aliphatic carbocycles. The third-order valence-electron chi connectivity index (χ3n) is 1.61. The highest BCUT2D eigenvalue weighted by Crippen LogP contribution is 2.24. The summed E-state index contributed by atoms with van der Waals surface area (Å²) in [5.41, 5.74) is 0.331. The second-order valence-corrected chi connectivity index (χ2v) is 5.20. The SMILES string of the molecule is Cc1cc(Cl)c(S(C)(=O)=O)cc1F. The van der Waals surface area contributed by atoms with E-state index in [2.05, 4.69) is 0 Å². The summed E-state index contributed by atoms with van der Waals surface area (Å²) in [6.07, 6.45) is 0.989. The zero-order valence-electron chi connectivity index (χ0n) is 7.14. The van der Waals surface area contributed by atoms with Gasteiger partial charge in [0.15, 0.2) is 9.84 Å². The van der Waals surface area contributed by atoms with Gasteiger partial charge in [-0.05, 0) is 24.6 Å². The lowest BCUT2D eigenvalue weighted by Crippen LogP contribution is -1.99. The smallest absolute Gasteiger partial charge is 0.177 e. The summed E-state index contributed by atoms with van der Waals surface area (Å²) in [5, 5.41) is 0.0569. The van der Waals surface area contributed by atoms with Crippen molar-refractivity contribution < 1.29 is 12.8 Å².